The first-order valence-electron chi connectivity index (χ1n) is 4.51. The van der Waals surface area contributed by atoms with Crippen LogP contribution in [-0.4, -0.2) is 21.0 Å². The van der Waals surface area contributed by atoms with Crippen LogP contribution in [0.2, 0.25) is 0 Å². The van der Waals surface area contributed by atoms with Gasteiger partial charge in [-0.25, -0.2) is 4.98 Å². The maximum absolute atomic E-state index is 11.3. The standard InChI is InChI=1S/C10H8N2O4/c13-8-4-6(5-9(14)15)11-10(12-8)7-2-1-3-16-7/h1-4H,5H2,(H,14,15)(H,11,12,13). The summed E-state index contributed by atoms with van der Waals surface area (Å²) in [5, 5.41) is 8.60. The number of hydrogen-bond acceptors (Lipinski definition) is 4. The molecule has 0 aliphatic rings. The van der Waals surface area contributed by atoms with E-state index in [1.165, 1.54) is 6.26 Å². The summed E-state index contributed by atoms with van der Waals surface area (Å²) in [5.41, 5.74) is -0.208. The van der Waals surface area contributed by atoms with Crippen LogP contribution in [-0.2, 0) is 11.2 Å². The Morgan fingerprint density at radius 3 is 3.00 bits per heavy atom. The van der Waals surface area contributed by atoms with Crippen LogP contribution in [0, 0.1) is 0 Å². The van der Waals surface area contributed by atoms with Crippen molar-refractivity contribution in [3.05, 3.63) is 40.5 Å². The quantitative estimate of drug-likeness (QED) is 0.791. The fraction of sp³-hybridized carbons (Fsp3) is 0.100. The molecule has 0 atom stereocenters. The van der Waals surface area contributed by atoms with E-state index in [4.69, 9.17) is 9.52 Å². The molecule has 0 unspecified atom stereocenters. The lowest BCUT2D eigenvalue weighted by Crippen LogP contribution is -2.12. The lowest BCUT2D eigenvalue weighted by molar-refractivity contribution is -0.136. The van der Waals surface area contributed by atoms with Crippen molar-refractivity contribution < 1.29 is 14.3 Å². The maximum Gasteiger partial charge on any atom is 0.309 e. The molecule has 82 valence electrons. The van der Waals surface area contributed by atoms with Gasteiger partial charge in [-0.05, 0) is 12.1 Å². The van der Waals surface area contributed by atoms with E-state index in [-0.39, 0.29) is 17.9 Å². The topological polar surface area (TPSA) is 96.2 Å². The summed E-state index contributed by atoms with van der Waals surface area (Å²) in [4.78, 5) is 28.2. The molecule has 2 aromatic rings. The third-order valence-electron chi connectivity index (χ3n) is 1.88. The van der Waals surface area contributed by atoms with E-state index < -0.39 is 11.5 Å². The second-order valence-electron chi connectivity index (χ2n) is 3.13. The Morgan fingerprint density at radius 2 is 2.38 bits per heavy atom. The van der Waals surface area contributed by atoms with Crippen LogP contribution in [0.5, 0.6) is 0 Å². The molecule has 2 rings (SSSR count). The first-order chi connectivity index (χ1) is 7.65. The number of nitrogens with one attached hydrogen (secondary N) is 1. The molecule has 2 aromatic heterocycles. The molecule has 0 amide bonds. The SMILES string of the molecule is O=C(O)Cc1cc(=O)[nH]c(-c2ccco2)n1. The van der Waals surface area contributed by atoms with Gasteiger partial charge in [-0.3, -0.25) is 9.59 Å². The molecule has 0 aliphatic carbocycles. The number of furan rings is 1. The van der Waals surface area contributed by atoms with Crippen LogP contribution >= 0.6 is 0 Å². The number of aliphatic carboxylic acids is 1. The summed E-state index contributed by atoms with van der Waals surface area (Å²) >= 11 is 0. The molecule has 2 heterocycles. The second kappa shape index (κ2) is 4.01. The summed E-state index contributed by atoms with van der Waals surface area (Å²) in [6, 6.07) is 4.43. The van der Waals surface area contributed by atoms with E-state index in [0.717, 1.165) is 6.07 Å². The van der Waals surface area contributed by atoms with E-state index in [2.05, 4.69) is 9.97 Å². The average molecular weight is 220 g/mol. The summed E-state index contributed by atoms with van der Waals surface area (Å²) in [7, 11) is 0. The highest BCUT2D eigenvalue weighted by Crippen LogP contribution is 2.13. The van der Waals surface area contributed by atoms with E-state index in [9.17, 15) is 9.59 Å². The third-order valence-corrected chi connectivity index (χ3v) is 1.88. The molecule has 2 N–H and O–H groups in total. The normalized spacial score (nSPS) is 10.2. The molecule has 6 nitrogen and oxygen atoms in total. The van der Waals surface area contributed by atoms with Crippen molar-refractivity contribution in [1.82, 2.24) is 9.97 Å². The molecule has 0 fully saturated rings. The molecule has 6 heteroatoms. The van der Waals surface area contributed by atoms with E-state index >= 15 is 0 Å². The number of H-pyrrole nitrogens is 1. The number of carbonyl (C=O) groups is 1. The molecule has 0 spiro atoms. The van der Waals surface area contributed by atoms with E-state index in [1.54, 1.807) is 12.1 Å². The minimum atomic E-state index is -1.04. The monoisotopic (exact) mass is 220 g/mol. The van der Waals surface area contributed by atoms with Gasteiger partial charge in [0.1, 0.15) is 0 Å². The van der Waals surface area contributed by atoms with Crippen molar-refractivity contribution in [2.45, 2.75) is 6.42 Å². The van der Waals surface area contributed by atoms with Crippen molar-refractivity contribution in [1.29, 1.82) is 0 Å². The summed E-state index contributed by atoms with van der Waals surface area (Å²) in [5.74, 6) is -0.415. The number of hydrogen-bond donors (Lipinski definition) is 2. The predicted octanol–water partition coefficient (Wildman–Crippen LogP) is 0.657. The van der Waals surface area contributed by atoms with Gasteiger partial charge < -0.3 is 14.5 Å². The molecule has 0 aromatic carbocycles. The number of carboxylic acid groups (broad SMARTS) is 1. The minimum absolute atomic E-state index is 0.197. The first kappa shape index (κ1) is 10.2. The molecular weight excluding hydrogens is 212 g/mol. The summed E-state index contributed by atoms with van der Waals surface area (Å²) in [6.45, 7) is 0. The molecule has 0 radical (unpaired) electrons. The molecule has 0 aliphatic heterocycles. The average Bonchev–Trinajstić information content (AvgIpc) is 2.67. The zero-order valence-electron chi connectivity index (χ0n) is 8.14. The Hall–Kier alpha value is -2.37. The van der Waals surface area contributed by atoms with Crippen molar-refractivity contribution in [2.24, 2.45) is 0 Å². The Labute approximate surface area is 89.6 Å². The number of rotatable bonds is 3. The first-order valence-corrected chi connectivity index (χ1v) is 4.51. The van der Waals surface area contributed by atoms with Crippen molar-refractivity contribution >= 4 is 5.97 Å². The Balaban J connectivity index is 2.44. The van der Waals surface area contributed by atoms with E-state index in [1.807, 2.05) is 0 Å². The Kier molecular flexibility index (Phi) is 2.55. The molecule has 16 heavy (non-hydrogen) atoms. The number of carboxylic acids is 1. The summed E-state index contributed by atoms with van der Waals surface area (Å²) in [6.07, 6.45) is 1.15. The van der Waals surface area contributed by atoms with Crippen LogP contribution in [0.25, 0.3) is 11.6 Å². The van der Waals surface area contributed by atoms with Gasteiger partial charge in [0.15, 0.2) is 11.6 Å². The van der Waals surface area contributed by atoms with Crippen molar-refractivity contribution in [2.75, 3.05) is 0 Å². The Morgan fingerprint density at radius 1 is 1.56 bits per heavy atom. The second-order valence-corrected chi connectivity index (χ2v) is 3.13. The van der Waals surface area contributed by atoms with Crippen LogP contribution in [0.4, 0.5) is 0 Å². The van der Waals surface area contributed by atoms with Gasteiger partial charge >= 0.3 is 5.97 Å². The van der Waals surface area contributed by atoms with Gasteiger partial charge in [-0.15, -0.1) is 0 Å². The van der Waals surface area contributed by atoms with Crippen LogP contribution in [0.3, 0.4) is 0 Å². The molecule has 0 saturated carbocycles. The van der Waals surface area contributed by atoms with Crippen molar-refractivity contribution in [3.63, 3.8) is 0 Å². The van der Waals surface area contributed by atoms with Crippen LogP contribution < -0.4 is 5.56 Å². The van der Waals surface area contributed by atoms with E-state index in [0.29, 0.717) is 5.76 Å². The summed E-state index contributed by atoms with van der Waals surface area (Å²) < 4.78 is 5.05. The molecular formula is C10H8N2O4. The highest BCUT2D eigenvalue weighted by molar-refractivity contribution is 5.69. The van der Waals surface area contributed by atoms with Gasteiger partial charge in [-0.2, -0.15) is 0 Å². The molecule has 0 saturated heterocycles. The number of aromatic amines is 1. The highest BCUT2D eigenvalue weighted by Gasteiger charge is 2.08. The van der Waals surface area contributed by atoms with Crippen LogP contribution in [0.1, 0.15) is 5.69 Å². The molecule has 0 bridgehead atoms. The smallest absolute Gasteiger partial charge is 0.309 e. The van der Waals surface area contributed by atoms with Gasteiger partial charge in [0.25, 0.3) is 5.56 Å². The zero-order chi connectivity index (χ0) is 11.5. The van der Waals surface area contributed by atoms with Crippen molar-refractivity contribution in [3.8, 4) is 11.6 Å². The predicted molar refractivity (Wildman–Crippen MR) is 53.9 cm³/mol. The van der Waals surface area contributed by atoms with Gasteiger partial charge in [0.05, 0.1) is 18.4 Å². The maximum atomic E-state index is 11.3. The lowest BCUT2D eigenvalue weighted by atomic mass is 10.3. The zero-order valence-corrected chi connectivity index (χ0v) is 8.14. The van der Waals surface area contributed by atoms with Gasteiger partial charge in [-0.1, -0.05) is 0 Å². The van der Waals surface area contributed by atoms with Crippen LogP contribution in [0.15, 0.2) is 33.7 Å². The lowest BCUT2D eigenvalue weighted by Gasteiger charge is -1.99. The van der Waals surface area contributed by atoms with Gasteiger partial charge in [0, 0.05) is 6.07 Å². The Bertz CT molecular complexity index is 556. The van der Waals surface area contributed by atoms with Gasteiger partial charge in [0.2, 0.25) is 0 Å². The fourth-order valence-corrected chi connectivity index (χ4v) is 1.28. The number of aromatic nitrogens is 2. The number of nitrogens with zero attached hydrogens (tertiary/aromatic N) is 1. The minimum Gasteiger partial charge on any atom is -0.481 e. The largest absolute Gasteiger partial charge is 0.481 e. The highest BCUT2D eigenvalue weighted by atomic mass is 16.4. The third kappa shape index (κ3) is 2.17. The fourth-order valence-electron chi connectivity index (χ4n) is 1.28.